The molecule has 5 heterocycles. The van der Waals surface area contributed by atoms with Crippen LogP contribution in [0.4, 0.5) is 22.8 Å². The van der Waals surface area contributed by atoms with Crippen molar-refractivity contribution >= 4 is 73.1 Å². The number of nitrogens with one attached hydrogen (secondary N) is 1. The monoisotopic (exact) mass is 1330 g/mol. The van der Waals surface area contributed by atoms with Gasteiger partial charge in [-0.15, -0.1) is 6.42 Å². The molecule has 11 rings (SSSR count). The van der Waals surface area contributed by atoms with Crippen LogP contribution in [-0.2, 0) is 4.79 Å². The topological polar surface area (TPSA) is 141 Å². The summed E-state index contributed by atoms with van der Waals surface area (Å²) in [5.41, 5.74) is 5.14. The van der Waals surface area contributed by atoms with Crippen LogP contribution in [-0.4, -0.2) is 139 Å². The van der Waals surface area contributed by atoms with Crippen LogP contribution in [0.2, 0.25) is 5.02 Å². The van der Waals surface area contributed by atoms with Crippen molar-refractivity contribution in [2.75, 3.05) is 66.6 Å². The highest BCUT2D eigenvalue weighted by molar-refractivity contribution is 9.10. The number of amidine groups is 2. The molecule has 5 amide bonds. The van der Waals surface area contributed by atoms with Crippen LogP contribution in [0.1, 0.15) is 103 Å². The van der Waals surface area contributed by atoms with Gasteiger partial charge in [0, 0.05) is 63.9 Å². The molecule has 5 aliphatic rings. The van der Waals surface area contributed by atoms with Gasteiger partial charge in [0.05, 0.1) is 43.5 Å². The Morgan fingerprint density at radius 3 is 1.66 bits per heavy atom. The van der Waals surface area contributed by atoms with Gasteiger partial charge in [-0.25, -0.2) is 9.59 Å². The third kappa shape index (κ3) is 14.6. The van der Waals surface area contributed by atoms with Crippen molar-refractivity contribution in [3.8, 4) is 35.3 Å². The maximum atomic E-state index is 14.8. The molecule has 0 saturated carbocycles. The molecule has 6 aromatic rings. The van der Waals surface area contributed by atoms with Gasteiger partial charge in [0.15, 0.2) is 6.61 Å². The molecular formula is C66H66Br2ClF3N8O7. The Morgan fingerprint density at radius 1 is 0.678 bits per heavy atom. The number of hydrogen-bond donors (Lipinski definition) is 1. The maximum Gasteiger partial charge on any atom is 0.422 e. The van der Waals surface area contributed by atoms with E-state index in [4.69, 9.17) is 47.0 Å². The van der Waals surface area contributed by atoms with Crippen molar-refractivity contribution in [3.63, 3.8) is 0 Å². The number of likely N-dealkylation sites (tertiary alicyclic amines) is 2. The van der Waals surface area contributed by atoms with Crippen LogP contribution < -0.4 is 24.3 Å². The number of piperidine rings is 1. The summed E-state index contributed by atoms with van der Waals surface area (Å²) in [5.74, 6) is 4.51. The zero-order chi connectivity index (χ0) is 61.5. The van der Waals surface area contributed by atoms with Crippen LogP contribution in [0.15, 0.2) is 152 Å². The number of amides is 5. The number of carbonyl (C=O) groups excluding carboxylic acids is 3. The van der Waals surface area contributed by atoms with E-state index < -0.39 is 36.9 Å². The second-order valence-corrected chi connectivity index (χ2v) is 24.2. The Hall–Kier alpha value is -7.57. The molecule has 4 unspecified atom stereocenters. The van der Waals surface area contributed by atoms with E-state index >= 15 is 0 Å². The van der Waals surface area contributed by atoms with Gasteiger partial charge in [-0.3, -0.25) is 24.6 Å². The zero-order valence-electron chi connectivity index (χ0n) is 48.5. The lowest BCUT2D eigenvalue weighted by molar-refractivity contribution is -0.153. The SMILES string of the molecule is C#Cc1ccc(C2C(c3ccc(Cl)cc3)N=C(c3ccc(OC)cc3OC(C)C)N2C(=O)N2CCC(N3CCCC3)CC2)cc1.COc1ccc(C2=NC(c3ccc(Br)cc3)C(c3ccc(Br)cc3)N2C(=O)N2CCNC(=O)C2)c(OCC(F)(F)F)c1. The Morgan fingerprint density at radius 2 is 1.16 bits per heavy atom. The average Bonchev–Trinajstić information content (AvgIpc) is 1.70. The van der Waals surface area contributed by atoms with E-state index in [-0.39, 0.29) is 66.6 Å². The number of rotatable bonds is 13. The van der Waals surface area contributed by atoms with E-state index in [1.807, 2.05) is 139 Å². The fourth-order valence-electron chi connectivity index (χ4n) is 11.7. The lowest BCUT2D eigenvalue weighted by Crippen LogP contribution is -2.55. The fraction of sp³-hybridized carbons (Fsp3) is 0.348. The molecule has 6 aromatic carbocycles. The predicted octanol–water partition coefficient (Wildman–Crippen LogP) is 13.6. The number of ether oxygens (including phenoxy) is 4. The second-order valence-electron chi connectivity index (χ2n) is 21.9. The summed E-state index contributed by atoms with van der Waals surface area (Å²) in [6.07, 6.45) is 5.49. The van der Waals surface area contributed by atoms with Gasteiger partial charge in [-0.2, -0.15) is 13.2 Å². The first-order valence-electron chi connectivity index (χ1n) is 28.8. The number of methoxy groups -OCH3 is 2. The van der Waals surface area contributed by atoms with Gasteiger partial charge in [0.25, 0.3) is 0 Å². The summed E-state index contributed by atoms with van der Waals surface area (Å²) in [6, 6.07) is 38.5. The summed E-state index contributed by atoms with van der Waals surface area (Å²) in [6.45, 7) is 6.51. The average molecular weight is 1340 g/mol. The van der Waals surface area contributed by atoms with Crippen LogP contribution in [0.5, 0.6) is 23.0 Å². The van der Waals surface area contributed by atoms with Gasteiger partial charge >= 0.3 is 18.2 Å². The van der Waals surface area contributed by atoms with E-state index in [0.717, 1.165) is 68.3 Å². The van der Waals surface area contributed by atoms with Gasteiger partial charge < -0.3 is 39.0 Å². The standard InChI is InChI=1S/C37H41ClN4O3.C29H25Br2F3N4O4/c1-5-26-8-10-28(11-9-26)35-34(27-12-14-29(38)15-13-27)39-36(32-17-16-31(44-4)24-33(32)45-25(2)3)42(35)37(43)41-22-18-30(19-23-41)40-20-6-7-21-40;1-41-21-10-11-22(23(14-21)42-16-29(32,33)34)27-36-25(17-2-6-19(30)7-3-17)26(18-4-8-20(31)9-5-18)38(27)28(40)37-13-12-35-24(39)15-37/h1,8-17,24-25,30,34-35H,6-7,18-23H2,2-4H3;2-11,14,25-26H,12-13,15-16H2,1H3,(H,35,39). The molecule has 87 heavy (non-hydrogen) atoms. The first kappa shape index (κ1) is 62.5. The highest BCUT2D eigenvalue weighted by atomic mass is 79.9. The first-order chi connectivity index (χ1) is 41.9. The minimum absolute atomic E-state index is 0.0533. The summed E-state index contributed by atoms with van der Waals surface area (Å²) in [4.78, 5) is 61.1. The van der Waals surface area contributed by atoms with Crippen LogP contribution in [0, 0.1) is 12.3 Å². The normalized spacial score (nSPS) is 19.9. The van der Waals surface area contributed by atoms with Crippen molar-refractivity contribution in [2.24, 2.45) is 9.98 Å². The number of piperazine rings is 1. The van der Waals surface area contributed by atoms with E-state index in [9.17, 15) is 27.6 Å². The third-order valence-corrected chi connectivity index (χ3v) is 17.2. The van der Waals surface area contributed by atoms with Gasteiger partial charge in [0.2, 0.25) is 5.91 Å². The van der Waals surface area contributed by atoms with Crippen molar-refractivity contribution in [3.05, 3.63) is 186 Å². The molecule has 3 fully saturated rings. The highest BCUT2D eigenvalue weighted by Gasteiger charge is 2.47. The molecule has 0 radical (unpaired) electrons. The summed E-state index contributed by atoms with van der Waals surface area (Å²) < 4.78 is 63.8. The summed E-state index contributed by atoms with van der Waals surface area (Å²) in [7, 11) is 3.02. The number of nitrogens with zero attached hydrogens (tertiary/aromatic N) is 7. The Bertz CT molecular complexity index is 3540. The number of aliphatic imine (C=N–C) groups is 2. The molecular weight excluding hydrogens is 1270 g/mol. The number of halogens is 6. The molecule has 454 valence electrons. The smallest absolute Gasteiger partial charge is 0.422 e. The number of hydrogen-bond acceptors (Lipinski definition) is 10. The quantitative estimate of drug-likeness (QED) is 0.113. The molecule has 5 aliphatic heterocycles. The number of alkyl halides is 3. The number of urea groups is 2. The van der Waals surface area contributed by atoms with Crippen molar-refractivity contribution < 1.29 is 46.5 Å². The molecule has 0 spiro atoms. The lowest BCUT2D eigenvalue weighted by Gasteiger charge is -2.40. The van der Waals surface area contributed by atoms with Crippen molar-refractivity contribution in [1.82, 2.24) is 29.8 Å². The molecule has 3 saturated heterocycles. The zero-order valence-corrected chi connectivity index (χ0v) is 52.4. The molecule has 15 nitrogen and oxygen atoms in total. The highest BCUT2D eigenvalue weighted by Crippen LogP contribution is 2.48. The Balaban J connectivity index is 0.000000193. The number of terminal acetylenes is 1. The van der Waals surface area contributed by atoms with E-state index in [0.29, 0.717) is 41.5 Å². The fourth-order valence-corrected chi connectivity index (χ4v) is 12.4. The maximum absolute atomic E-state index is 14.8. The molecule has 21 heteroatoms. The van der Waals surface area contributed by atoms with E-state index in [2.05, 4.69) is 48.0 Å². The number of benzene rings is 6. The molecule has 4 atom stereocenters. The second kappa shape index (κ2) is 27.6. The molecule has 0 aliphatic carbocycles. The molecule has 0 bridgehead atoms. The van der Waals surface area contributed by atoms with Crippen molar-refractivity contribution in [2.45, 2.75) is 82.0 Å². The van der Waals surface area contributed by atoms with Crippen LogP contribution >= 0.6 is 43.5 Å². The summed E-state index contributed by atoms with van der Waals surface area (Å²) >= 11 is 13.2. The Labute approximate surface area is 526 Å². The first-order valence-corrected chi connectivity index (χ1v) is 30.7. The van der Waals surface area contributed by atoms with E-state index in [1.54, 1.807) is 13.2 Å². The van der Waals surface area contributed by atoms with Gasteiger partial charge in [-0.05, 0) is 148 Å². The predicted molar refractivity (Wildman–Crippen MR) is 336 cm³/mol. The largest absolute Gasteiger partial charge is 0.497 e. The van der Waals surface area contributed by atoms with E-state index in [1.165, 1.54) is 41.9 Å². The van der Waals surface area contributed by atoms with Crippen LogP contribution in [0.3, 0.4) is 0 Å². The minimum atomic E-state index is -4.60. The van der Waals surface area contributed by atoms with Crippen LogP contribution in [0.25, 0.3) is 0 Å². The van der Waals surface area contributed by atoms with Gasteiger partial charge in [0.1, 0.15) is 53.3 Å². The molecule has 0 aromatic heterocycles. The Kier molecular flexibility index (Phi) is 19.9. The number of carbonyl (C=O) groups is 3. The third-order valence-electron chi connectivity index (χ3n) is 15.9. The lowest BCUT2D eigenvalue weighted by atomic mass is 9.93. The molecule has 1 N–H and O–H groups in total. The van der Waals surface area contributed by atoms with Crippen molar-refractivity contribution in [1.29, 1.82) is 0 Å². The summed E-state index contributed by atoms with van der Waals surface area (Å²) in [5, 5.41) is 3.36. The van der Waals surface area contributed by atoms with Gasteiger partial charge in [-0.1, -0.05) is 97.9 Å². The minimum Gasteiger partial charge on any atom is -0.497 e.